The highest BCUT2D eigenvalue weighted by molar-refractivity contribution is 7.11. The van der Waals surface area contributed by atoms with Gasteiger partial charge in [-0.25, -0.2) is 4.98 Å². The number of thiazole rings is 1. The molecule has 2 N–H and O–H groups in total. The van der Waals surface area contributed by atoms with Crippen molar-refractivity contribution < 1.29 is 13.2 Å². The van der Waals surface area contributed by atoms with E-state index in [2.05, 4.69) is 15.3 Å². The van der Waals surface area contributed by atoms with E-state index in [9.17, 15) is 13.2 Å². The number of halogens is 3. The molecule has 2 aliphatic rings. The molecule has 2 aliphatic heterocycles. The summed E-state index contributed by atoms with van der Waals surface area (Å²) in [5.74, 6) is 0.600. The number of hydrogen-bond donors (Lipinski definition) is 2. The van der Waals surface area contributed by atoms with E-state index >= 15 is 0 Å². The Hall–Kier alpha value is -1.90. The van der Waals surface area contributed by atoms with Crippen molar-refractivity contribution >= 4 is 22.2 Å². The molecule has 0 aliphatic carbocycles. The van der Waals surface area contributed by atoms with Gasteiger partial charge >= 0.3 is 6.18 Å². The fraction of sp³-hybridized carbons (Fsp3) is 0.476. The molecule has 4 heterocycles. The van der Waals surface area contributed by atoms with Gasteiger partial charge in [0.25, 0.3) is 0 Å². The molecule has 2 aromatic heterocycles. The van der Waals surface area contributed by atoms with E-state index in [-0.39, 0.29) is 6.04 Å². The molecule has 4 nitrogen and oxygen atoms in total. The standard InChI is InChI=1S/C21H23F3N4S/c1-12-6-16-15-4-2-3-5-17(15)27-18(16)19(28(12)11-21(22,23)24)20-26-10-14(29-20)7-13-8-25-9-13/h2-5,10,12-13,19,25,27H,6-9,11H2,1H3/t12-,19+/m1/s1. The molecule has 0 saturated carbocycles. The molecule has 0 bridgehead atoms. The highest BCUT2D eigenvalue weighted by Gasteiger charge is 2.43. The van der Waals surface area contributed by atoms with Gasteiger partial charge in [-0.05, 0) is 50.4 Å². The maximum Gasteiger partial charge on any atom is 0.401 e. The van der Waals surface area contributed by atoms with Crippen LogP contribution < -0.4 is 5.32 Å². The van der Waals surface area contributed by atoms with Crippen LogP contribution in [0.15, 0.2) is 30.5 Å². The number of nitrogens with zero attached hydrogens (tertiary/aromatic N) is 2. The van der Waals surface area contributed by atoms with Gasteiger partial charge in [0.05, 0.1) is 6.54 Å². The summed E-state index contributed by atoms with van der Waals surface area (Å²) in [7, 11) is 0. The first-order chi connectivity index (χ1) is 13.9. The highest BCUT2D eigenvalue weighted by Crippen LogP contribution is 2.43. The summed E-state index contributed by atoms with van der Waals surface area (Å²) in [6, 6.07) is 7.24. The minimum atomic E-state index is -4.26. The number of para-hydroxylation sites is 1. The van der Waals surface area contributed by atoms with Crippen LogP contribution in [0.1, 0.15) is 34.1 Å². The van der Waals surface area contributed by atoms with Gasteiger partial charge in [0.15, 0.2) is 0 Å². The smallest absolute Gasteiger partial charge is 0.356 e. The number of hydrogen-bond acceptors (Lipinski definition) is 4. The number of aromatic amines is 1. The quantitative estimate of drug-likeness (QED) is 0.662. The average Bonchev–Trinajstić information content (AvgIpc) is 3.22. The van der Waals surface area contributed by atoms with Crippen LogP contribution >= 0.6 is 11.3 Å². The van der Waals surface area contributed by atoms with Crippen molar-refractivity contribution in [1.29, 1.82) is 0 Å². The average molecular weight is 421 g/mol. The molecule has 8 heteroatoms. The van der Waals surface area contributed by atoms with Crippen LogP contribution in [-0.4, -0.2) is 46.7 Å². The lowest BCUT2D eigenvalue weighted by atomic mass is 9.92. The van der Waals surface area contributed by atoms with Crippen LogP contribution in [0.5, 0.6) is 0 Å². The Kier molecular flexibility index (Phi) is 4.68. The summed E-state index contributed by atoms with van der Waals surface area (Å²) in [4.78, 5) is 10.7. The molecule has 29 heavy (non-hydrogen) atoms. The first kappa shape index (κ1) is 19.1. The highest BCUT2D eigenvalue weighted by atomic mass is 32.1. The van der Waals surface area contributed by atoms with Crippen molar-refractivity contribution in [2.45, 2.75) is 38.0 Å². The van der Waals surface area contributed by atoms with E-state index in [1.807, 2.05) is 37.4 Å². The summed E-state index contributed by atoms with van der Waals surface area (Å²) >= 11 is 1.55. The zero-order chi connectivity index (χ0) is 20.2. The van der Waals surface area contributed by atoms with Gasteiger partial charge in [-0.3, -0.25) is 4.90 Å². The summed E-state index contributed by atoms with van der Waals surface area (Å²) in [5, 5.41) is 5.11. The number of nitrogens with one attached hydrogen (secondary N) is 2. The molecule has 3 aromatic rings. The molecule has 5 rings (SSSR count). The molecule has 0 radical (unpaired) electrons. The van der Waals surface area contributed by atoms with Gasteiger partial charge in [-0.15, -0.1) is 11.3 Å². The molecule has 0 spiro atoms. The fourth-order valence-electron chi connectivity index (χ4n) is 4.55. The maximum absolute atomic E-state index is 13.4. The lowest BCUT2D eigenvalue weighted by Gasteiger charge is -2.40. The van der Waals surface area contributed by atoms with Crippen LogP contribution in [0, 0.1) is 5.92 Å². The molecule has 2 atom stereocenters. The number of aromatic nitrogens is 2. The minimum absolute atomic E-state index is 0.225. The van der Waals surface area contributed by atoms with E-state index in [1.54, 1.807) is 16.2 Å². The normalized spacial score (nSPS) is 23.3. The Balaban J connectivity index is 1.58. The zero-order valence-electron chi connectivity index (χ0n) is 16.1. The van der Waals surface area contributed by atoms with E-state index in [1.165, 1.54) is 0 Å². The van der Waals surface area contributed by atoms with Crippen molar-refractivity contribution in [1.82, 2.24) is 20.2 Å². The van der Waals surface area contributed by atoms with Crippen LogP contribution in [0.3, 0.4) is 0 Å². The lowest BCUT2D eigenvalue weighted by molar-refractivity contribution is -0.155. The Morgan fingerprint density at radius 3 is 2.76 bits per heavy atom. The number of fused-ring (bicyclic) bond motifs is 3. The summed E-state index contributed by atoms with van der Waals surface area (Å²) in [6.07, 6.45) is -0.872. The molecule has 1 saturated heterocycles. The van der Waals surface area contributed by atoms with Crippen molar-refractivity contribution in [2.24, 2.45) is 5.92 Å². The minimum Gasteiger partial charge on any atom is -0.356 e. The summed E-state index contributed by atoms with van der Waals surface area (Å²) in [6.45, 7) is 2.95. The number of alkyl halides is 3. The Morgan fingerprint density at radius 1 is 1.24 bits per heavy atom. The molecular weight excluding hydrogens is 397 g/mol. The Morgan fingerprint density at radius 2 is 2.03 bits per heavy atom. The predicted octanol–water partition coefficient (Wildman–Crippen LogP) is 4.28. The topological polar surface area (TPSA) is 44.0 Å². The molecule has 1 aromatic carbocycles. The summed E-state index contributed by atoms with van der Waals surface area (Å²) < 4.78 is 40.3. The number of benzene rings is 1. The number of rotatable bonds is 4. The molecule has 0 unspecified atom stereocenters. The van der Waals surface area contributed by atoms with E-state index < -0.39 is 18.8 Å². The predicted molar refractivity (Wildman–Crippen MR) is 108 cm³/mol. The SMILES string of the molecule is C[C@@H]1Cc2c([nH]c3ccccc23)[C@@H](c2ncc(CC3CNC3)s2)N1CC(F)(F)F. The van der Waals surface area contributed by atoms with Gasteiger partial charge in [0.1, 0.15) is 11.0 Å². The largest absolute Gasteiger partial charge is 0.401 e. The van der Waals surface area contributed by atoms with Crippen molar-refractivity contribution in [3.8, 4) is 0 Å². The van der Waals surface area contributed by atoms with Gasteiger partial charge in [-0.1, -0.05) is 18.2 Å². The third-order valence-electron chi connectivity index (χ3n) is 6.04. The fourth-order valence-corrected chi connectivity index (χ4v) is 5.71. The second-order valence-corrected chi connectivity index (χ2v) is 9.35. The molecule has 154 valence electrons. The van der Waals surface area contributed by atoms with Gasteiger partial charge in [0, 0.05) is 33.7 Å². The second-order valence-electron chi connectivity index (χ2n) is 8.20. The lowest BCUT2D eigenvalue weighted by Crippen LogP contribution is -2.47. The maximum atomic E-state index is 13.4. The third kappa shape index (κ3) is 3.58. The van der Waals surface area contributed by atoms with Crippen molar-refractivity contribution in [3.05, 3.63) is 51.6 Å². The van der Waals surface area contributed by atoms with E-state index in [0.29, 0.717) is 12.3 Å². The van der Waals surface area contributed by atoms with Crippen molar-refractivity contribution in [2.75, 3.05) is 19.6 Å². The van der Waals surface area contributed by atoms with E-state index in [4.69, 9.17) is 0 Å². The van der Waals surface area contributed by atoms with Crippen LogP contribution in [0.2, 0.25) is 0 Å². The first-order valence-electron chi connectivity index (χ1n) is 9.96. The molecule has 0 amide bonds. The van der Waals surface area contributed by atoms with Gasteiger partial charge in [0.2, 0.25) is 0 Å². The summed E-state index contributed by atoms with van der Waals surface area (Å²) in [5.41, 5.74) is 2.96. The van der Waals surface area contributed by atoms with Crippen LogP contribution in [-0.2, 0) is 12.8 Å². The number of H-pyrrole nitrogens is 1. The zero-order valence-corrected chi connectivity index (χ0v) is 16.9. The monoisotopic (exact) mass is 420 g/mol. The van der Waals surface area contributed by atoms with E-state index in [0.717, 1.165) is 51.6 Å². The van der Waals surface area contributed by atoms with Gasteiger partial charge in [-0.2, -0.15) is 13.2 Å². The Bertz CT molecular complexity index is 1020. The first-order valence-corrected chi connectivity index (χ1v) is 10.8. The van der Waals surface area contributed by atoms with Crippen molar-refractivity contribution in [3.63, 3.8) is 0 Å². The second kappa shape index (κ2) is 7.11. The molecule has 1 fully saturated rings. The third-order valence-corrected chi connectivity index (χ3v) is 7.11. The van der Waals surface area contributed by atoms with Crippen LogP contribution in [0.25, 0.3) is 10.9 Å². The molecular formula is C21H23F3N4S. The van der Waals surface area contributed by atoms with Gasteiger partial charge < -0.3 is 10.3 Å². The van der Waals surface area contributed by atoms with Crippen LogP contribution in [0.4, 0.5) is 13.2 Å². The Labute approximate surface area is 171 Å².